The van der Waals surface area contributed by atoms with Crippen molar-refractivity contribution in [2.24, 2.45) is 4.99 Å². The summed E-state index contributed by atoms with van der Waals surface area (Å²) in [6, 6.07) is 51.4. The Morgan fingerprint density at radius 3 is 1.22 bits per heavy atom. The number of alkyl halides is 6. The van der Waals surface area contributed by atoms with Gasteiger partial charge in [-0.25, -0.2) is 4.99 Å². The highest BCUT2D eigenvalue weighted by atomic mass is 19.4. The van der Waals surface area contributed by atoms with Gasteiger partial charge >= 0.3 is 19.6 Å². The lowest BCUT2D eigenvalue weighted by molar-refractivity contribution is -0.138. The Balaban J connectivity index is 1.47. The molecule has 0 unspecified atom stereocenters. The summed E-state index contributed by atoms with van der Waals surface area (Å²) in [7, 11) is -0.0390. The van der Waals surface area contributed by atoms with E-state index in [1.807, 2.05) is 59.1 Å². The Labute approximate surface area is 479 Å². The van der Waals surface area contributed by atoms with Crippen molar-refractivity contribution < 1.29 is 40.4 Å². The molecular formula is C70H69BF6N2O3. The van der Waals surface area contributed by atoms with E-state index in [0.29, 0.717) is 50.8 Å². The van der Waals surface area contributed by atoms with E-state index in [9.17, 15) is 26.3 Å². The van der Waals surface area contributed by atoms with E-state index in [4.69, 9.17) is 19.0 Å². The van der Waals surface area contributed by atoms with Gasteiger partial charge in [0, 0.05) is 33.5 Å². The number of allylic oxidation sites excluding steroid dienone is 2. The molecule has 12 heteroatoms. The number of para-hydroxylation sites is 1. The fraction of sp³-hybridized carbons (Fsp3) is 0.271. The van der Waals surface area contributed by atoms with Gasteiger partial charge < -0.3 is 18.5 Å². The van der Waals surface area contributed by atoms with Crippen LogP contribution in [0.5, 0.6) is 17.2 Å². The molecule has 1 aliphatic rings. The Bertz CT molecular complexity index is 3610. The maximum atomic E-state index is 14.2. The fourth-order valence-electron chi connectivity index (χ4n) is 10.0. The van der Waals surface area contributed by atoms with E-state index in [1.54, 1.807) is 7.11 Å². The molecule has 0 bridgehead atoms. The SMILES string of the molecule is COc1ccccc1/C(=C1/N=C(c2ccc(C(C)(C)C)cc2)C=C1c1ccc(C(C)(C)C)cc1)c1c(-c2ccc(C(C)(C)C)cc2)cc(-c2ccc(C(C)(C)C)cc2)n1B(Oc1ccc(C(F)(F)F)cc1)Oc1ccc(C(F)(F)F)cc1. The monoisotopic (exact) mass is 1110 g/mol. The van der Waals surface area contributed by atoms with Crippen LogP contribution in [0.25, 0.3) is 33.5 Å². The van der Waals surface area contributed by atoms with Crippen molar-refractivity contribution >= 4 is 24.1 Å². The van der Waals surface area contributed by atoms with Gasteiger partial charge in [0.05, 0.1) is 35.3 Å². The molecule has 2 heterocycles. The number of benzene rings is 7. The quantitative estimate of drug-likeness (QED) is 0.0905. The molecule has 0 saturated heterocycles. The third-order valence-corrected chi connectivity index (χ3v) is 14.9. The number of hydrogen-bond acceptors (Lipinski definition) is 4. The summed E-state index contributed by atoms with van der Waals surface area (Å²) in [6.45, 7) is 25.8. The van der Waals surface area contributed by atoms with Crippen molar-refractivity contribution in [2.45, 2.75) is 117 Å². The first-order valence-corrected chi connectivity index (χ1v) is 27.4. The second-order valence-electron chi connectivity index (χ2n) is 25.0. The van der Waals surface area contributed by atoms with Crippen LogP contribution in [0.3, 0.4) is 0 Å². The molecule has 7 aromatic carbocycles. The molecule has 0 atom stereocenters. The van der Waals surface area contributed by atoms with Gasteiger partial charge in [-0.05, 0) is 127 Å². The van der Waals surface area contributed by atoms with Gasteiger partial charge in [-0.15, -0.1) is 0 Å². The average Bonchev–Trinajstić information content (AvgIpc) is 3.67. The van der Waals surface area contributed by atoms with E-state index in [0.717, 1.165) is 68.8 Å². The van der Waals surface area contributed by atoms with E-state index in [2.05, 4.69) is 162 Å². The number of methoxy groups -OCH3 is 1. The lowest BCUT2D eigenvalue weighted by Gasteiger charge is -2.25. The van der Waals surface area contributed by atoms with Gasteiger partial charge in [0.1, 0.15) is 17.2 Å². The smallest absolute Gasteiger partial charge is 0.507 e. The minimum Gasteiger partial charge on any atom is -0.507 e. The summed E-state index contributed by atoms with van der Waals surface area (Å²) in [5.74, 6) is 0.466. The Kier molecular flexibility index (Phi) is 15.8. The van der Waals surface area contributed by atoms with Crippen LogP contribution >= 0.6 is 0 Å². The molecule has 0 fully saturated rings. The van der Waals surface area contributed by atoms with Gasteiger partial charge in [0.15, 0.2) is 0 Å². The second-order valence-corrected chi connectivity index (χ2v) is 25.0. The zero-order chi connectivity index (χ0) is 59.3. The predicted octanol–water partition coefficient (Wildman–Crippen LogP) is 19.4. The zero-order valence-electron chi connectivity index (χ0n) is 48.8. The van der Waals surface area contributed by atoms with Gasteiger partial charge in [0.2, 0.25) is 0 Å². The zero-order valence-corrected chi connectivity index (χ0v) is 48.8. The van der Waals surface area contributed by atoms with Crippen LogP contribution in [0.1, 0.15) is 139 Å². The minimum atomic E-state index is -4.66. The topological polar surface area (TPSA) is 45.0 Å². The first kappa shape index (κ1) is 58.7. The van der Waals surface area contributed by atoms with E-state index in [1.165, 1.54) is 24.3 Å². The van der Waals surface area contributed by atoms with Gasteiger partial charge in [-0.3, -0.25) is 0 Å². The molecule has 9 rings (SSSR count). The normalized spacial score (nSPS) is 14.1. The summed E-state index contributed by atoms with van der Waals surface area (Å²) < 4.78 is 107. The first-order valence-electron chi connectivity index (χ1n) is 27.4. The average molecular weight is 1110 g/mol. The molecule has 0 radical (unpaired) electrons. The lowest BCUT2D eigenvalue weighted by Crippen LogP contribution is -2.40. The Morgan fingerprint density at radius 2 is 0.817 bits per heavy atom. The molecule has 0 spiro atoms. The molecule has 422 valence electrons. The van der Waals surface area contributed by atoms with Crippen LogP contribution in [0.4, 0.5) is 26.3 Å². The van der Waals surface area contributed by atoms with E-state index < -0.39 is 30.7 Å². The summed E-state index contributed by atoms with van der Waals surface area (Å²) in [6.07, 6.45) is -7.22. The van der Waals surface area contributed by atoms with E-state index in [-0.39, 0.29) is 33.2 Å². The number of aliphatic imine (C=N–C) groups is 1. The van der Waals surface area contributed by atoms with Crippen LogP contribution < -0.4 is 14.0 Å². The Morgan fingerprint density at radius 1 is 0.439 bits per heavy atom. The minimum absolute atomic E-state index is 0.0134. The predicted molar refractivity (Wildman–Crippen MR) is 322 cm³/mol. The number of rotatable bonds is 12. The van der Waals surface area contributed by atoms with Crippen LogP contribution in [0, 0.1) is 0 Å². The van der Waals surface area contributed by atoms with Crippen molar-refractivity contribution in [1.82, 2.24) is 4.48 Å². The number of hydrogen-bond donors (Lipinski definition) is 0. The van der Waals surface area contributed by atoms with Crippen LogP contribution in [0.2, 0.25) is 0 Å². The molecule has 5 nitrogen and oxygen atoms in total. The maximum Gasteiger partial charge on any atom is 0.743 e. The largest absolute Gasteiger partial charge is 0.743 e. The molecule has 0 saturated carbocycles. The molecule has 1 aromatic heterocycles. The lowest BCUT2D eigenvalue weighted by atomic mass is 9.84. The van der Waals surface area contributed by atoms with Gasteiger partial charge in [-0.1, -0.05) is 198 Å². The van der Waals surface area contributed by atoms with Crippen molar-refractivity contribution in [3.05, 3.63) is 243 Å². The fourth-order valence-corrected chi connectivity index (χ4v) is 10.0. The van der Waals surface area contributed by atoms with Crippen molar-refractivity contribution in [3.63, 3.8) is 0 Å². The number of aromatic nitrogens is 1. The summed E-state index contributed by atoms with van der Waals surface area (Å²) >= 11 is 0. The second kappa shape index (κ2) is 22.1. The molecule has 0 amide bonds. The highest BCUT2D eigenvalue weighted by Crippen LogP contribution is 2.48. The van der Waals surface area contributed by atoms with Gasteiger partial charge in [0.25, 0.3) is 0 Å². The maximum absolute atomic E-state index is 14.2. The summed E-state index contributed by atoms with van der Waals surface area (Å²) in [5.41, 5.74) is 10.0. The van der Waals surface area contributed by atoms with Crippen molar-refractivity contribution in [2.75, 3.05) is 7.11 Å². The number of ether oxygens (including phenoxy) is 1. The van der Waals surface area contributed by atoms with Crippen molar-refractivity contribution in [3.8, 4) is 39.6 Å². The molecule has 0 N–H and O–H groups in total. The highest BCUT2D eigenvalue weighted by Gasteiger charge is 2.40. The number of halogens is 6. The Hall–Kier alpha value is -7.99. The highest BCUT2D eigenvalue weighted by molar-refractivity contribution is 6.46. The molecule has 82 heavy (non-hydrogen) atoms. The van der Waals surface area contributed by atoms with Gasteiger partial charge in [-0.2, -0.15) is 26.3 Å². The first-order chi connectivity index (χ1) is 38.4. The molecular weight excluding hydrogens is 1040 g/mol. The standard InChI is InChI=1S/C70H69BF6N2O3/c1-65(2,3)48-26-18-44(19-27-48)57-42-59(46-22-30-50(31-23-46)67(7,8)9)78-63(57)62(56-16-14-15-17-61(56)80-13)64-58(45-20-28-49(29-21-45)66(4,5)6)43-60(47-24-32-51(33-25-47)68(10,11)12)79(64)71(81-54-38-34-52(35-39-54)69(72,73)74)82-55-40-36-53(37-41-55)70(75,76)77/h14-43H,1-13H3/b63-62-. The molecule has 1 aliphatic heterocycles. The van der Waals surface area contributed by atoms with Crippen LogP contribution in [0.15, 0.2) is 193 Å². The molecule has 8 aromatic rings. The van der Waals surface area contributed by atoms with Crippen LogP contribution in [-0.2, 0) is 34.0 Å². The third-order valence-electron chi connectivity index (χ3n) is 14.9. The summed E-state index contributed by atoms with van der Waals surface area (Å²) in [5, 5.41) is 0. The summed E-state index contributed by atoms with van der Waals surface area (Å²) in [4.78, 5) is 5.68. The number of nitrogens with zero attached hydrogens (tertiary/aromatic N) is 2. The van der Waals surface area contributed by atoms with Crippen molar-refractivity contribution in [1.29, 1.82) is 0 Å². The molecule has 0 aliphatic carbocycles. The van der Waals surface area contributed by atoms with Crippen LogP contribution in [-0.4, -0.2) is 24.6 Å². The third kappa shape index (κ3) is 12.7. The van der Waals surface area contributed by atoms with E-state index >= 15 is 0 Å².